The van der Waals surface area contributed by atoms with Gasteiger partial charge in [-0.1, -0.05) is 12.1 Å². The van der Waals surface area contributed by atoms with E-state index in [1.807, 2.05) is 6.07 Å². The minimum atomic E-state index is -0.600. The highest BCUT2D eigenvalue weighted by atomic mass is 16.6. The van der Waals surface area contributed by atoms with Crippen LogP contribution in [0.1, 0.15) is 18.9 Å². The molecule has 0 unspecified atom stereocenters. The molecule has 0 radical (unpaired) electrons. The Morgan fingerprint density at radius 1 is 1.03 bits per heavy atom. The van der Waals surface area contributed by atoms with Gasteiger partial charge in [-0.05, 0) is 42.0 Å². The van der Waals surface area contributed by atoms with Crippen molar-refractivity contribution in [2.45, 2.75) is 32.1 Å². The number of esters is 1. The van der Waals surface area contributed by atoms with Crippen LogP contribution in [0.4, 0.5) is 21.0 Å². The summed E-state index contributed by atoms with van der Waals surface area (Å²) < 4.78 is 21.1. The third kappa shape index (κ3) is 7.10. The number of ether oxygens (including phenoxy) is 3. The zero-order chi connectivity index (χ0) is 26.2. The number of rotatable bonds is 8. The first-order chi connectivity index (χ1) is 17.9. The lowest BCUT2D eigenvalue weighted by molar-refractivity contribution is -0.144. The molecule has 2 aromatic carbocycles. The highest BCUT2D eigenvalue weighted by Gasteiger charge is 2.24. The average Bonchev–Trinajstić information content (AvgIpc) is 3.55. The molecule has 0 fully saturated rings. The Morgan fingerprint density at radius 3 is 2.49 bits per heavy atom. The lowest BCUT2D eigenvalue weighted by Crippen LogP contribution is -2.28. The van der Waals surface area contributed by atoms with Gasteiger partial charge in [-0.25, -0.2) is 14.6 Å². The maximum Gasteiger partial charge on any atom is 0.407 e. The minimum absolute atomic E-state index is 0.195. The van der Waals surface area contributed by atoms with Crippen molar-refractivity contribution in [3.8, 4) is 17.1 Å². The van der Waals surface area contributed by atoms with E-state index in [2.05, 4.69) is 20.9 Å². The number of anilines is 2. The number of amides is 3. The van der Waals surface area contributed by atoms with Gasteiger partial charge in [0.05, 0.1) is 18.9 Å². The van der Waals surface area contributed by atoms with Crippen LogP contribution in [-0.4, -0.2) is 42.4 Å². The molecule has 1 aliphatic rings. The van der Waals surface area contributed by atoms with Crippen LogP contribution in [0, 0.1) is 0 Å². The highest BCUT2D eigenvalue weighted by molar-refractivity contribution is 6.00. The quantitative estimate of drug-likeness (QED) is 0.300. The van der Waals surface area contributed by atoms with E-state index in [4.69, 9.17) is 18.6 Å². The summed E-state index contributed by atoms with van der Waals surface area (Å²) in [5.74, 6) is 0.681. The van der Waals surface area contributed by atoms with Crippen LogP contribution in [0.2, 0.25) is 0 Å². The molecule has 11 heteroatoms. The van der Waals surface area contributed by atoms with E-state index in [0.717, 1.165) is 5.56 Å². The number of methoxy groups -OCH3 is 1. The second-order valence-corrected chi connectivity index (χ2v) is 8.13. The molecule has 1 heterocycles. The number of oxazole rings is 1. The van der Waals surface area contributed by atoms with Gasteiger partial charge >= 0.3 is 18.1 Å². The molecule has 4 rings (SSSR count). The lowest BCUT2D eigenvalue weighted by atomic mass is 10.1. The number of nitrogens with one attached hydrogen (secondary N) is 3. The molecule has 2 atom stereocenters. The molecular weight excluding hydrogens is 480 g/mol. The van der Waals surface area contributed by atoms with Crippen molar-refractivity contribution < 1.29 is 33.0 Å². The van der Waals surface area contributed by atoms with Crippen LogP contribution in [0.15, 0.2) is 71.6 Å². The van der Waals surface area contributed by atoms with E-state index in [-0.39, 0.29) is 12.5 Å². The Morgan fingerprint density at radius 2 is 1.78 bits per heavy atom. The monoisotopic (exact) mass is 506 g/mol. The SMILES string of the molecule is COc1cc(NC(=O)Nc2cccc(CNC(=O)O[C@@H]3C=C[C@H](OC(C)=O)C3)c2)ccc1-c1cnco1. The van der Waals surface area contributed by atoms with Crippen LogP contribution in [0.5, 0.6) is 5.75 Å². The third-order valence-electron chi connectivity index (χ3n) is 5.36. The Kier molecular flexibility index (Phi) is 8.04. The fourth-order valence-electron chi connectivity index (χ4n) is 3.75. The van der Waals surface area contributed by atoms with Crippen LogP contribution < -0.4 is 20.7 Å². The molecule has 0 bridgehead atoms. The summed E-state index contributed by atoms with van der Waals surface area (Å²) in [6.45, 7) is 1.52. The van der Waals surface area contributed by atoms with Gasteiger partial charge in [0, 0.05) is 37.3 Å². The summed E-state index contributed by atoms with van der Waals surface area (Å²) in [4.78, 5) is 39.6. The van der Waals surface area contributed by atoms with E-state index in [9.17, 15) is 14.4 Å². The van der Waals surface area contributed by atoms with Gasteiger partial charge in [0.1, 0.15) is 18.0 Å². The average molecular weight is 507 g/mol. The molecular formula is C26H26N4O7. The summed E-state index contributed by atoms with van der Waals surface area (Å²) in [6.07, 6.45) is 5.21. The van der Waals surface area contributed by atoms with Gasteiger partial charge < -0.3 is 34.6 Å². The second kappa shape index (κ2) is 11.8. The van der Waals surface area contributed by atoms with Gasteiger partial charge in [0.2, 0.25) is 0 Å². The molecule has 0 saturated carbocycles. The Labute approximate surface area is 212 Å². The van der Waals surface area contributed by atoms with Gasteiger partial charge in [-0.2, -0.15) is 0 Å². The summed E-state index contributed by atoms with van der Waals surface area (Å²) >= 11 is 0. The molecule has 1 aliphatic carbocycles. The molecule has 0 spiro atoms. The number of carbonyl (C=O) groups is 3. The van der Waals surface area contributed by atoms with Crippen molar-refractivity contribution in [2.24, 2.45) is 0 Å². The molecule has 3 aromatic rings. The highest BCUT2D eigenvalue weighted by Crippen LogP contribution is 2.32. The number of aromatic nitrogens is 1. The number of hydrogen-bond donors (Lipinski definition) is 3. The van der Waals surface area contributed by atoms with Crippen molar-refractivity contribution >= 4 is 29.5 Å². The Hall–Kier alpha value is -4.80. The zero-order valence-corrected chi connectivity index (χ0v) is 20.2. The molecule has 11 nitrogen and oxygen atoms in total. The van der Waals surface area contributed by atoms with Crippen LogP contribution in [-0.2, 0) is 20.8 Å². The number of carbonyl (C=O) groups excluding carboxylic acids is 3. The van der Waals surface area contributed by atoms with Crippen molar-refractivity contribution in [1.82, 2.24) is 10.3 Å². The maximum atomic E-state index is 12.5. The standard InChI is InChI=1S/C26H26N4O7/c1-16(31)36-20-7-8-21(12-20)37-26(33)28-13-17-4-3-5-18(10-17)29-25(32)30-19-6-9-22(23(11-19)34-2)24-14-27-15-35-24/h3-11,14-15,20-21H,12-13H2,1-2H3,(H,28,33)(H2,29,30,32)/t20-,21+/m0/s1. The van der Waals surface area contributed by atoms with Crippen molar-refractivity contribution in [1.29, 1.82) is 0 Å². The van der Waals surface area contributed by atoms with E-state index in [1.54, 1.807) is 54.7 Å². The van der Waals surface area contributed by atoms with Crippen LogP contribution in [0.3, 0.4) is 0 Å². The molecule has 192 valence electrons. The molecule has 1 aromatic heterocycles. The topological polar surface area (TPSA) is 141 Å². The number of benzene rings is 2. The van der Waals surface area contributed by atoms with E-state index >= 15 is 0 Å². The summed E-state index contributed by atoms with van der Waals surface area (Å²) in [7, 11) is 1.53. The molecule has 3 N–H and O–H groups in total. The maximum absolute atomic E-state index is 12.5. The number of urea groups is 1. The number of alkyl carbamates (subject to hydrolysis) is 1. The van der Waals surface area contributed by atoms with Gasteiger partial charge in [0.25, 0.3) is 0 Å². The molecule has 0 saturated heterocycles. The Bertz CT molecular complexity index is 1290. The third-order valence-corrected chi connectivity index (χ3v) is 5.36. The van der Waals surface area contributed by atoms with Crippen molar-refractivity contribution in [3.63, 3.8) is 0 Å². The largest absolute Gasteiger partial charge is 0.496 e. The minimum Gasteiger partial charge on any atom is -0.496 e. The normalized spacial score (nSPS) is 16.1. The lowest BCUT2D eigenvalue weighted by Gasteiger charge is -2.14. The molecule has 37 heavy (non-hydrogen) atoms. The first-order valence-corrected chi connectivity index (χ1v) is 11.4. The first kappa shape index (κ1) is 25.3. The first-order valence-electron chi connectivity index (χ1n) is 11.4. The Balaban J connectivity index is 1.27. The summed E-state index contributed by atoms with van der Waals surface area (Å²) in [5.41, 5.74) is 2.53. The van der Waals surface area contributed by atoms with E-state index in [1.165, 1.54) is 20.4 Å². The second-order valence-electron chi connectivity index (χ2n) is 8.13. The van der Waals surface area contributed by atoms with Crippen LogP contribution >= 0.6 is 0 Å². The number of nitrogens with zero attached hydrogens (tertiary/aromatic N) is 1. The summed E-state index contributed by atoms with van der Waals surface area (Å²) in [5, 5.41) is 8.20. The van der Waals surface area contributed by atoms with Gasteiger partial charge in [-0.15, -0.1) is 0 Å². The zero-order valence-electron chi connectivity index (χ0n) is 20.2. The van der Waals surface area contributed by atoms with Crippen molar-refractivity contribution in [2.75, 3.05) is 17.7 Å². The summed E-state index contributed by atoms with van der Waals surface area (Å²) in [6, 6.07) is 11.7. The predicted molar refractivity (Wildman–Crippen MR) is 134 cm³/mol. The molecule has 0 aliphatic heterocycles. The smallest absolute Gasteiger partial charge is 0.407 e. The van der Waals surface area contributed by atoms with Gasteiger partial charge in [0.15, 0.2) is 12.2 Å². The van der Waals surface area contributed by atoms with Crippen LogP contribution in [0.25, 0.3) is 11.3 Å². The van der Waals surface area contributed by atoms with Crippen molar-refractivity contribution in [3.05, 3.63) is 72.8 Å². The number of hydrogen-bond acceptors (Lipinski definition) is 8. The fraction of sp³-hybridized carbons (Fsp3) is 0.231. The van der Waals surface area contributed by atoms with E-state index in [0.29, 0.717) is 34.9 Å². The molecule has 3 amide bonds. The van der Waals surface area contributed by atoms with E-state index < -0.39 is 24.3 Å². The fourth-order valence-corrected chi connectivity index (χ4v) is 3.75. The predicted octanol–water partition coefficient (Wildman–Crippen LogP) is 4.48. The van der Waals surface area contributed by atoms with Gasteiger partial charge in [-0.3, -0.25) is 4.79 Å².